The summed E-state index contributed by atoms with van der Waals surface area (Å²) < 4.78 is 0. The molecule has 1 heterocycles. The van der Waals surface area contributed by atoms with Crippen LogP contribution < -0.4 is 5.73 Å². The Morgan fingerprint density at radius 2 is 1.67 bits per heavy atom. The van der Waals surface area contributed by atoms with E-state index in [1.165, 1.54) is 58.0 Å². The zero-order chi connectivity index (χ0) is 10.7. The molecular weight excluding hydrogens is 204 g/mol. The minimum absolute atomic E-state index is 0.648. The summed E-state index contributed by atoms with van der Waals surface area (Å²) in [7, 11) is 0. The lowest BCUT2D eigenvalue weighted by atomic mass is 9.68. The summed E-state index contributed by atoms with van der Waals surface area (Å²) in [4.78, 5) is 3.07. The van der Waals surface area contributed by atoms with Gasteiger partial charge in [-0.05, 0) is 44.2 Å². The van der Waals surface area contributed by atoms with E-state index >= 15 is 0 Å². The van der Waals surface area contributed by atoms with E-state index in [1.807, 2.05) is 0 Å². The molecule has 0 amide bonds. The number of hydrogen-bond donors (Lipinski definition) is 1. The van der Waals surface area contributed by atoms with Crippen LogP contribution in [0, 0.1) is 5.41 Å². The molecule has 1 aliphatic heterocycles. The smallest absolute Gasteiger partial charge is 0.0870 e. The van der Waals surface area contributed by atoms with Crippen LogP contribution in [0.2, 0.25) is 0 Å². The maximum Gasteiger partial charge on any atom is 0.0870 e. The van der Waals surface area contributed by atoms with Crippen LogP contribution in [0.3, 0.4) is 0 Å². The van der Waals surface area contributed by atoms with Crippen LogP contribution in [0.4, 0.5) is 0 Å². The fourth-order valence-electron chi connectivity index (χ4n) is 3.21. The number of piperidine rings is 1. The second-order valence-electron chi connectivity index (χ2n) is 5.30. The van der Waals surface area contributed by atoms with Crippen molar-refractivity contribution in [3.63, 3.8) is 0 Å². The maximum atomic E-state index is 5.58. The van der Waals surface area contributed by atoms with Gasteiger partial charge in [-0.25, -0.2) is 0 Å². The van der Waals surface area contributed by atoms with Gasteiger partial charge in [0.15, 0.2) is 0 Å². The van der Waals surface area contributed by atoms with Crippen LogP contribution in [0.5, 0.6) is 0 Å². The number of nitrogens with two attached hydrogens (primary N) is 1. The van der Waals surface area contributed by atoms with E-state index in [4.69, 9.17) is 18.0 Å². The lowest BCUT2D eigenvalue weighted by molar-refractivity contribution is 0.0757. The maximum absolute atomic E-state index is 5.58. The Hall–Kier alpha value is -0.150. The van der Waals surface area contributed by atoms with Gasteiger partial charge in [0.25, 0.3) is 0 Å². The quantitative estimate of drug-likeness (QED) is 0.733. The summed E-state index contributed by atoms with van der Waals surface area (Å²) in [6, 6.07) is 0. The van der Waals surface area contributed by atoms with Gasteiger partial charge in [-0.2, -0.15) is 0 Å². The normalized spacial score (nSPS) is 26.7. The first-order valence-electron chi connectivity index (χ1n) is 6.21. The van der Waals surface area contributed by atoms with Crippen molar-refractivity contribution in [1.82, 2.24) is 4.90 Å². The average molecular weight is 226 g/mol. The fourth-order valence-corrected chi connectivity index (χ4v) is 3.39. The third-order valence-corrected chi connectivity index (χ3v) is 4.34. The third kappa shape index (κ3) is 2.91. The Bertz CT molecular complexity index is 224. The molecule has 2 aliphatic rings. The van der Waals surface area contributed by atoms with Crippen LogP contribution in [0.1, 0.15) is 44.9 Å². The van der Waals surface area contributed by atoms with E-state index in [-0.39, 0.29) is 0 Å². The second kappa shape index (κ2) is 4.79. The monoisotopic (exact) mass is 226 g/mol. The lowest BCUT2D eigenvalue weighted by Gasteiger charge is -2.44. The van der Waals surface area contributed by atoms with Gasteiger partial charge in [0.1, 0.15) is 0 Å². The molecule has 2 fully saturated rings. The van der Waals surface area contributed by atoms with Crippen molar-refractivity contribution in [2.75, 3.05) is 19.6 Å². The number of likely N-dealkylation sites (tertiary alicyclic amines) is 1. The Kier molecular flexibility index (Phi) is 3.62. The highest BCUT2D eigenvalue weighted by Gasteiger charge is 2.35. The highest BCUT2D eigenvalue weighted by molar-refractivity contribution is 7.80. The number of nitrogens with zero attached hydrogens (tertiary/aromatic N) is 1. The van der Waals surface area contributed by atoms with E-state index in [0.29, 0.717) is 10.4 Å². The summed E-state index contributed by atoms with van der Waals surface area (Å²) in [6.07, 6.45) is 10.0. The molecular formula is C12H22N2S. The number of thiocarbonyl (C=S) groups is 1. The Labute approximate surface area is 98.2 Å². The second-order valence-corrected chi connectivity index (χ2v) is 5.83. The molecule has 3 heteroatoms. The van der Waals surface area contributed by atoms with Gasteiger partial charge in [0.2, 0.25) is 0 Å². The molecule has 0 aromatic carbocycles. The fraction of sp³-hybridized carbons (Fsp3) is 0.917. The van der Waals surface area contributed by atoms with E-state index in [9.17, 15) is 0 Å². The van der Waals surface area contributed by atoms with Gasteiger partial charge in [0, 0.05) is 6.54 Å². The van der Waals surface area contributed by atoms with Crippen LogP contribution in [0.15, 0.2) is 0 Å². The molecule has 86 valence electrons. The van der Waals surface area contributed by atoms with Crippen LogP contribution >= 0.6 is 12.2 Å². The van der Waals surface area contributed by atoms with Gasteiger partial charge in [-0.1, -0.05) is 31.5 Å². The molecule has 0 radical (unpaired) electrons. The minimum Gasteiger partial charge on any atom is -0.392 e. The standard InChI is InChI=1S/C12H22N2S/c13-11(15)10-14-8-6-12(7-9-14)4-2-1-3-5-12/h1-10H2,(H2,13,15). The van der Waals surface area contributed by atoms with Crippen molar-refractivity contribution in [2.45, 2.75) is 44.9 Å². The third-order valence-electron chi connectivity index (χ3n) is 4.21. The van der Waals surface area contributed by atoms with E-state index in [0.717, 1.165) is 6.54 Å². The highest BCUT2D eigenvalue weighted by atomic mass is 32.1. The number of hydrogen-bond acceptors (Lipinski definition) is 2. The summed E-state index contributed by atoms with van der Waals surface area (Å²) in [5, 5.41) is 0. The molecule has 0 bridgehead atoms. The van der Waals surface area contributed by atoms with E-state index in [2.05, 4.69) is 4.90 Å². The lowest BCUT2D eigenvalue weighted by Crippen LogP contribution is -2.43. The molecule has 0 atom stereocenters. The van der Waals surface area contributed by atoms with Crippen LogP contribution in [-0.2, 0) is 0 Å². The molecule has 1 spiro atoms. The zero-order valence-electron chi connectivity index (χ0n) is 9.50. The van der Waals surface area contributed by atoms with Gasteiger partial charge < -0.3 is 5.73 Å². The van der Waals surface area contributed by atoms with Crippen molar-refractivity contribution >= 4 is 17.2 Å². The molecule has 15 heavy (non-hydrogen) atoms. The molecule has 2 nitrogen and oxygen atoms in total. The molecule has 2 rings (SSSR count). The largest absolute Gasteiger partial charge is 0.392 e. The first-order chi connectivity index (χ1) is 7.20. The van der Waals surface area contributed by atoms with Crippen molar-refractivity contribution in [1.29, 1.82) is 0 Å². The molecule has 0 aromatic rings. The topological polar surface area (TPSA) is 29.3 Å². The van der Waals surface area contributed by atoms with Crippen molar-refractivity contribution in [3.8, 4) is 0 Å². The first kappa shape index (κ1) is 11.3. The van der Waals surface area contributed by atoms with Crippen molar-refractivity contribution < 1.29 is 0 Å². The van der Waals surface area contributed by atoms with Crippen molar-refractivity contribution in [3.05, 3.63) is 0 Å². The summed E-state index contributed by atoms with van der Waals surface area (Å²) in [5.74, 6) is 0. The minimum atomic E-state index is 0.648. The molecule has 1 saturated heterocycles. The predicted molar refractivity (Wildman–Crippen MR) is 68.0 cm³/mol. The van der Waals surface area contributed by atoms with Crippen LogP contribution in [0.25, 0.3) is 0 Å². The molecule has 1 saturated carbocycles. The first-order valence-corrected chi connectivity index (χ1v) is 6.62. The molecule has 1 aliphatic carbocycles. The Morgan fingerprint density at radius 3 is 2.20 bits per heavy atom. The van der Waals surface area contributed by atoms with E-state index < -0.39 is 0 Å². The Balaban J connectivity index is 1.82. The summed E-state index contributed by atoms with van der Waals surface area (Å²) in [6.45, 7) is 3.24. The summed E-state index contributed by atoms with van der Waals surface area (Å²) in [5.41, 5.74) is 6.28. The molecule has 0 unspecified atom stereocenters. The van der Waals surface area contributed by atoms with Gasteiger partial charge >= 0.3 is 0 Å². The van der Waals surface area contributed by atoms with Crippen molar-refractivity contribution in [2.24, 2.45) is 11.1 Å². The average Bonchev–Trinajstić information content (AvgIpc) is 2.23. The molecule has 2 N–H and O–H groups in total. The van der Waals surface area contributed by atoms with Gasteiger partial charge in [-0.3, -0.25) is 4.90 Å². The Morgan fingerprint density at radius 1 is 1.07 bits per heavy atom. The SMILES string of the molecule is NC(=S)CN1CCC2(CCCCC2)CC1. The number of rotatable bonds is 2. The van der Waals surface area contributed by atoms with Gasteiger partial charge in [-0.15, -0.1) is 0 Å². The van der Waals surface area contributed by atoms with Gasteiger partial charge in [0.05, 0.1) is 4.99 Å². The molecule has 0 aromatic heterocycles. The zero-order valence-corrected chi connectivity index (χ0v) is 10.3. The predicted octanol–water partition coefficient (Wildman–Crippen LogP) is 2.32. The highest BCUT2D eigenvalue weighted by Crippen LogP contribution is 2.44. The van der Waals surface area contributed by atoms with E-state index in [1.54, 1.807) is 0 Å². The van der Waals surface area contributed by atoms with Crippen LogP contribution in [-0.4, -0.2) is 29.5 Å². The summed E-state index contributed by atoms with van der Waals surface area (Å²) >= 11 is 4.96.